The van der Waals surface area contributed by atoms with Gasteiger partial charge in [0.05, 0.1) is 12.1 Å². The summed E-state index contributed by atoms with van der Waals surface area (Å²) in [6.07, 6.45) is 1.55. The second-order valence-corrected chi connectivity index (χ2v) is 3.97. The predicted octanol–water partition coefficient (Wildman–Crippen LogP) is 3.04. The van der Waals surface area contributed by atoms with Gasteiger partial charge >= 0.3 is 0 Å². The average Bonchev–Trinajstić information content (AvgIpc) is 2.34. The quantitative estimate of drug-likeness (QED) is 0.829. The van der Waals surface area contributed by atoms with Gasteiger partial charge in [-0.15, -0.1) is 0 Å². The molecule has 0 radical (unpaired) electrons. The van der Waals surface area contributed by atoms with Crippen LogP contribution in [0.4, 0.5) is 8.78 Å². The fourth-order valence-corrected chi connectivity index (χ4v) is 2.01. The van der Waals surface area contributed by atoms with E-state index in [1.54, 1.807) is 20.2 Å². The Morgan fingerprint density at radius 1 is 1.35 bits per heavy atom. The first-order chi connectivity index (χ1) is 8.15. The van der Waals surface area contributed by atoms with Gasteiger partial charge in [0.15, 0.2) is 11.6 Å². The number of rotatable bonds is 6. The third-order valence-electron chi connectivity index (χ3n) is 2.88. The molecule has 1 N–H and O–H groups in total. The standard InChI is InChI=1S/C13H19F2NO/c1-4-6-11(17-3)13(16-2)9-7-5-8-10(14)12(9)15/h5,7-8,11,13,16H,4,6H2,1-3H3. The Morgan fingerprint density at radius 2 is 2.06 bits per heavy atom. The molecule has 0 spiro atoms. The molecule has 0 aliphatic rings. The molecular formula is C13H19F2NO. The minimum absolute atomic E-state index is 0.165. The molecule has 0 aliphatic carbocycles. The van der Waals surface area contributed by atoms with Crippen molar-refractivity contribution in [3.63, 3.8) is 0 Å². The summed E-state index contributed by atoms with van der Waals surface area (Å²) in [5.74, 6) is -1.63. The third kappa shape index (κ3) is 3.23. The lowest BCUT2D eigenvalue weighted by molar-refractivity contribution is 0.0617. The lowest BCUT2D eigenvalue weighted by Crippen LogP contribution is -2.31. The van der Waals surface area contributed by atoms with Crippen molar-refractivity contribution in [2.75, 3.05) is 14.2 Å². The summed E-state index contributed by atoms with van der Waals surface area (Å²) in [5, 5.41) is 2.99. The molecule has 1 rings (SSSR count). The minimum atomic E-state index is -0.825. The van der Waals surface area contributed by atoms with Crippen molar-refractivity contribution in [3.05, 3.63) is 35.4 Å². The Kier molecular flexibility index (Phi) is 5.51. The number of hydrogen-bond donors (Lipinski definition) is 1. The maximum Gasteiger partial charge on any atom is 0.163 e. The molecule has 0 bridgehead atoms. The Balaban J connectivity index is 3.03. The number of nitrogens with one attached hydrogen (secondary N) is 1. The monoisotopic (exact) mass is 243 g/mol. The van der Waals surface area contributed by atoms with Gasteiger partial charge in [0, 0.05) is 12.7 Å². The van der Waals surface area contributed by atoms with Gasteiger partial charge in [-0.1, -0.05) is 25.5 Å². The van der Waals surface area contributed by atoms with Crippen molar-refractivity contribution in [1.29, 1.82) is 0 Å². The third-order valence-corrected chi connectivity index (χ3v) is 2.88. The van der Waals surface area contributed by atoms with E-state index in [-0.39, 0.29) is 12.1 Å². The fraction of sp³-hybridized carbons (Fsp3) is 0.538. The van der Waals surface area contributed by atoms with Gasteiger partial charge in [0.2, 0.25) is 0 Å². The predicted molar refractivity (Wildman–Crippen MR) is 63.9 cm³/mol. The van der Waals surface area contributed by atoms with Crippen LogP contribution >= 0.6 is 0 Å². The Morgan fingerprint density at radius 3 is 2.59 bits per heavy atom. The zero-order valence-corrected chi connectivity index (χ0v) is 10.5. The highest BCUT2D eigenvalue weighted by Crippen LogP contribution is 2.25. The number of methoxy groups -OCH3 is 1. The van der Waals surface area contributed by atoms with Crippen LogP contribution in [0.5, 0.6) is 0 Å². The van der Waals surface area contributed by atoms with E-state index < -0.39 is 11.6 Å². The van der Waals surface area contributed by atoms with E-state index in [1.807, 2.05) is 6.92 Å². The molecule has 2 unspecified atom stereocenters. The highest BCUT2D eigenvalue weighted by molar-refractivity contribution is 5.23. The fourth-order valence-electron chi connectivity index (χ4n) is 2.01. The molecule has 0 saturated carbocycles. The maximum atomic E-state index is 13.7. The van der Waals surface area contributed by atoms with Gasteiger partial charge in [0.25, 0.3) is 0 Å². The van der Waals surface area contributed by atoms with Gasteiger partial charge in [-0.2, -0.15) is 0 Å². The highest BCUT2D eigenvalue weighted by atomic mass is 19.2. The minimum Gasteiger partial charge on any atom is -0.379 e. The molecule has 17 heavy (non-hydrogen) atoms. The zero-order chi connectivity index (χ0) is 12.8. The number of hydrogen-bond acceptors (Lipinski definition) is 2. The van der Waals surface area contributed by atoms with Crippen molar-refractivity contribution >= 4 is 0 Å². The molecule has 2 atom stereocenters. The zero-order valence-electron chi connectivity index (χ0n) is 10.5. The summed E-state index contributed by atoms with van der Waals surface area (Å²) in [4.78, 5) is 0. The van der Waals surface area contributed by atoms with E-state index in [1.165, 1.54) is 6.07 Å². The second-order valence-electron chi connectivity index (χ2n) is 3.97. The van der Waals surface area contributed by atoms with Crippen molar-refractivity contribution in [3.8, 4) is 0 Å². The van der Waals surface area contributed by atoms with Gasteiger partial charge in [0.1, 0.15) is 0 Å². The normalized spacial score (nSPS) is 14.6. The van der Waals surface area contributed by atoms with Crippen molar-refractivity contribution in [1.82, 2.24) is 5.32 Å². The highest BCUT2D eigenvalue weighted by Gasteiger charge is 2.24. The number of ether oxygens (including phenoxy) is 1. The molecule has 1 aromatic carbocycles. The average molecular weight is 243 g/mol. The number of benzene rings is 1. The van der Waals surface area contributed by atoms with Crippen LogP contribution in [0.3, 0.4) is 0 Å². The van der Waals surface area contributed by atoms with Gasteiger partial charge in [-0.3, -0.25) is 0 Å². The van der Waals surface area contributed by atoms with Gasteiger partial charge < -0.3 is 10.1 Å². The second kappa shape index (κ2) is 6.67. The van der Waals surface area contributed by atoms with E-state index in [0.29, 0.717) is 5.56 Å². The number of halogens is 2. The van der Waals surface area contributed by atoms with Crippen LogP contribution in [0.25, 0.3) is 0 Å². The summed E-state index contributed by atoms with van der Waals surface area (Å²) < 4.78 is 32.2. The first-order valence-corrected chi connectivity index (χ1v) is 5.79. The van der Waals surface area contributed by atoms with Crippen LogP contribution in [0.2, 0.25) is 0 Å². The Labute approximate surface area is 101 Å². The van der Waals surface area contributed by atoms with Gasteiger partial charge in [-0.25, -0.2) is 8.78 Å². The SMILES string of the molecule is CCCC(OC)C(NC)c1cccc(F)c1F. The molecule has 96 valence electrons. The maximum absolute atomic E-state index is 13.7. The van der Waals surface area contributed by atoms with E-state index >= 15 is 0 Å². The van der Waals surface area contributed by atoms with E-state index in [2.05, 4.69) is 5.32 Å². The van der Waals surface area contributed by atoms with Crippen LogP contribution in [0.15, 0.2) is 18.2 Å². The first-order valence-electron chi connectivity index (χ1n) is 5.79. The molecule has 4 heteroatoms. The first kappa shape index (κ1) is 14.1. The van der Waals surface area contributed by atoms with E-state index in [0.717, 1.165) is 18.9 Å². The summed E-state index contributed by atoms with van der Waals surface area (Å²) >= 11 is 0. The molecule has 0 heterocycles. The lowest BCUT2D eigenvalue weighted by Gasteiger charge is -2.26. The Bertz CT molecular complexity index is 357. The van der Waals surface area contributed by atoms with Crippen LogP contribution in [-0.4, -0.2) is 20.3 Å². The molecular weight excluding hydrogens is 224 g/mol. The topological polar surface area (TPSA) is 21.3 Å². The molecule has 0 fully saturated rings. The summed E-state index contributed by atoms with van der Waals surface area (Å²) in [5.41, 5.74) is 0.313. The van der Waals surface area contributed by atoms with Gasteiger partial charge in [-0.05, 0) is 19.5 Å². The molecule has 0 aliphatic heterocycles. The van der Waals surface area contributed by atoms with E-state index in [9.17, 15) is 8.78 Å². The van der Waals surface area contributed by atoms with Crippen LogP contribution in [-0.2, 0) is 4.74 Å². The van der Waals surface area contributed by atoms with Crippen LogP contribution in [0, 0.1) is 11.6 Å². The molecule has 0 saturated heterocycles. The Hall–Kier alpha value is -1.00. The van der Waals surface area contributed by atoms with Crippen molar-refractivity contribution in [2.45, 2.75) is 31.9 Å². The van der Waals surface area contributed by atoms with Crippen LogP contribution < -0.4 is 5.32 Å². The number of likely N-dealkylation sites (N-methyl/N-ethyl adjacent to an activating group) is 1. The van der Waals surface area contributed by atoms with Crippen LogP contribution in [0.1, 0.15) is 31.4 Å². The van der Waals surface area contributed by atoms with Crippen molar-refractivity contribution < 1.29 is 13.5 Å². The van der Waals surface area contributed by atoms with E-state index in [4.69, 9.17) is 4.74 Å². The smallest absolute Gasteiger partial charge is 0.163 e. The lowest BCUT2D eigenvalue weighted by atomic mass is 9.97. The summed E-state index contributed by atoms with van der Waals surface area (Å²) in [6.45, 7) is 2.03. The summed E-state index contributed by atoms with van der Waals surface area (Å²) in [7, 11) is 3.30. The summed E-state index contributed by atoms with van der Waals surface area (Å²) in [6, 6.07) is 3.88. The van der Waals surface area contributed by atoms with Crippen molar-refractivity contribution in [2.24, 2.45) is 0 Å². The molecule has 0 aromatic heterocycles. The molecule has 1 aromatic rings. The molecule has 0 amide bonds. The molecule has 2 nitrogen and oxygen atoms in total. The largest absolute Gasteiger partial charge is 0.379 e.